The number of aliphatic hydroxyl groups excluding tert-OH is 1. The molecule has 3 nitrogen and oxygen atoms in total. The van der Waals surface area contributed by atoms with Gasteiger partial charge in [0.1, 0.15) is 0 Å². The predicted molar refractivity (Wildman–Crippen MR) is 41.8 cm³/mol. The fourth-order valence-electron chi connectivity index (χ4n) is 1.64. The molecule has 3 N–H and O–H groups in total. The lowest BCUT2D eigenvalue weighted by atomic mass is 9.65. The molecule has 1 aliphatic rings. The summed E-state index contributed by atoms with van der Waals surface area (Å²) in [6.45, 7) is 0.162. The molecule has 0 aromatic heterocycles. The van der Waals surface area contributed by atoms with Crippen LogP contribution in [0, 0.1) is 5.41 Å². The van der Waals surface area contributed by atoms with Gasteiger partial charge in [-0.05, 0) is 25.7 Å². The number of rotatable bonds is 4. The Morgan fingerprint density at radius 2 is 2.18 bits per heavy atom. The first-order valence-corrected chi connectivity index (χ1v) is 4.12. The zero-order valence-electron chi connectivity index (χ0n) is 6.68. The highest BCUT2D eigenvalue weighted by Gasteiger charge is 2.41. The number of primary amides is 1. The Bertz CT molecular complexity index is 152. The van der Waals surface area contributed by atoms with Crippen LogP contribution < -0.4 is 5.73 Å². The first kappa shape index (κ1) is 8.53. The van der Waals surface area contributed by atoms with Gasteiger partial charge in [-0.25, -0.2) is 0 Å². The van der Waals surface area contributed by atoms with E-state index in [-0.39, 0.29) is 17.9 Å². The van der Waals surface area contributed by atoms with Gasteiger partial charge in [-0.3, -0.25) is 4.79 Å². The van der Waals surface area contributed by atoms with Gasteiger partial charge >= 0.3 is 0 Å². The number of nitrogens with two attached hydrogens (primary N) is 1. The summed E-state index contributed by atoms with van der Waals surface area (Å²) in [6, 6.07) is 0. The Morgan fingerprint density at radius 1 is 1.55 bits per heavy atom. The zero-order valence-corrected chi connectivity index (χ0v) is 6.68. The van der Waals surface area contributed by atoms with Crippen molar-refractivity contribution in [1.29, 1.82) is 0 Å². The number of hydrogen-bond acceptors (Lipinski definition) is 2. The monoisotopic (exact) mass is 157 g/mol. The lowest BCUT2D eigenvalue weighted by Gasteiger charge is -2.38. The fraction of sp³-hybridized carbons (Fsp3) is 0.875. The third-order valence-electron chi connectivity index (χ3n) is 2.65. The topological polar surface area (TPSA) is 63.3 Å². The van der Waals surface area contributed by atoms with Crippen molar-refractivity contribution in [2.45, 2.75) is 32.1 Å². The van der Waals surface area contributed by atoms with E-state index in [1.807, 2.05) is 0 Å². The van der Waals surface area contributed by atoms with Crippen molar-refractivity contribution in [3.05, 3.63) is 0 Å². The molecule has 0 unspecified atom stereocenters. The molecule has 0 aliphatic heterocycles. The molecule has 0 aromatic carbocycles. The molecule has 3 heteroatoms. The molecular formula is C8H15NO2. The van der Waals surface area contributed by atoms with Crippen molar-refractivity contribution in [3.8, 4) is 0 Å². The van der Waals surface area contributed by atoms with E-state index >= 15 is 0 Å². The Balaban J connectivity index is 2.40. The lowest BCUT2D eigenvalue weighted by molar-refractivity contribution is -0.133. The standard InChI is InChI=1S/C8H15NO2/c9-7(11)8(3-1-4-8)5-2-6-10/h10H,1-6H2,(H2,9,11). The van der Waals surface area contributed by atoms with Crippen LogP contribution in [0.3, 0.4) is 0 Å². The second-order valence-electron chi connectivity index (χ2n) is 3.33. The molecule has 0 heterocycles. The van der Waals surface area contributed by atoms with Crippen LogP contribution in [0.15, 0.2) is 0 Å². The first-order valence-electron chi connectivity index (χ1n) is 4.12. The normalized spacial score (nSPS) is 20.8. The molecule has 1 amide bonds. The number of carbonyl (C=O) groups is 1. The molecule has 1 aliphatic carbocycles. The Morgan fingerprint density at radius 3 is 2.45 bits per heavy atom. The van der Waals surface area contributed by atoms with Crippen molar-refractivity contribution in [1.82, 2.24) is 0 Å². The first-order chi connectivity index (χ1) is 5.21. The summed E-state index contributed by atoms with van der Waals surface area (Å²) >= 11 is 0. The molecule has 11 heavy (non-hydrogen) atoms. The third-order valence-corrected chi connectivity index (χ3v) is 2.65. The molecule has 0 aromatic rings. The maximum absolute atomic E-state index is 10.9. The molecule has 0 saturated heterocycles. The highest BCUT2D eigenvalue weighted by molar-refractivity contribution is 5.81. The van der Waals surface area contributed by atoms with Gasteiger partial charge in [0.25, 0.3) is 0 Å². The van der Waals surface area contributed by atoms with Gasteiger partial charge in [0.05, 0.1) is 0 Å². The van der Waals surface area contributed by atoms with Gasteiger partial charge < -0.3 is 10.8 Å². The van der Waals surface area contributed by atoms with Gasteiger partial charge in [-0.2, -0.15) is 0 Å². The van der Waals surface area contributed by atoms with Crippen LogP contribution in [0.5, 0.6) is 0 Å². The molecule has 0 radical (unpaired) electrons. The van der Waals surface area contributed by atoms with E-state index in [4.69, 9.17) is 10.8 Å². The van der Waals surface area contributed by atoms with E-state index in [2.05, 4.69) is 0 Å². The van der Waals surface area contributed by atoms with E-state index in [1.54, 1.807) is 0 Å². The van der Waals surface area contributed by atoms with Gasteiger partial charge in [-0.15, -0.1) is 0 Å². The van der Waals surface area contributed by atoms with Gasteiger partial charge in [0, 0.05) is 12.0 Å². The Labute approximate surface area is 66.6 Å². The predicted octanol–water partition coefficient (Wildman–Crippen LogP) is 0.414. The van der Waals surface area contributed by atoms with Gasteiger partial charge in [0.15, 0.2) is 0 Å². The van der Waals surface area contributed by atoms with E-state index in [9.17, 15) is 4.79 Å². The molecule has 0 atom stereocenters. The average molecular weight is 157 g/mol. The summed E-state index contributed by atoms with van der Waals surface area (Å²) in [6.07, 6.45) is 4.40. The average Bonchev–Trinajstić information content (AvgIpc) is 1.85. The van der Waals surface area contributed by atoms with Crippen LogP contribution in [0.2, 0.25) is 0 Å². The molecule has 1 saturated carbocycles. The maximum atomic E-state index is 10.9. The van der Waals surface area contributed by atoms with Crippen molar-refractivity contribution in [2.75, 3.05) is 6.61 Å². The molecule has 1 fully saturated rings. The van der Waals surface area contributed by atoms with Crippen molar-refractivity contribution in [3.63, 3.8) is 0 Å². The summed E-state index contributed by atoms with van der Waals surface area (Å²) < 4.78 is 0. The summed E-state index contributed by atoms with van der Waals surface area (Å²) in [5.41, 5.74) is 5.01. The number of amides is 1. The van der Waals surface area contributed by atoms with E-state index in [0.29, 0.717) is 6.42 Å². The van der Waals surface area contributed by atoms with Gasteiger partial charge in [-0.1, -0.05) is 6.42 Å². The summed E-state index contributed by atoms with van der Waals surface area (Å²) in [5, 5.41) is 8.58. The fourth-order valence-corrected chi connectivity index (χ4v) is 1.64. The minimum atomic E-state index is -0.247. The number of hydrogen-bond donors (Lipinski definition) is 2. The molecule has 64 valence electrons. The van der Waals surface area contributed by atoms with E-state index < -0.39 is 0 Å². The van der Waals surface area contributed by atoms with Crippen LogP contribution in [-0.4, -0.2) is 17.6 Å². The number of aliphatic hydroxyl groups is 1. The Kier molecular flexibility index (Phi) is 2.49. The smallest absolute Gasteiger partial charge is 0.223 e. The molecular weight excluding hydrogens is 142 g/mol. The quantitative estimate of drug-likeness (QED) is 0.621. The minimum Gasteiger partial charge on any atom is -0.396 e. The Hall–Kier alpha value is -0.570. The summed E-state index contributed by atoms with van der Waals surface area (Å²) in [5.74, 6) is -0.183. The largest absolute Gasteiger partial charge is 0.396 e. The molecule has 1 rings (SSSR count). The minimum absolute atomic E-state index is 0.162. The third kappa shape index (κ3) is 1.53. The number of carbonyl (C=O) groups excluding carboxylic acids is 1. The summed E-state index contributed by atoms with van der Waals surface area (Å²) in [7, 11) is 0. The SMILES string of the molecule is NC(=O)C1(CCCO)CCC1. The highest BCUT2D eigenvalue weighted by atomic mass is 16.3. The van der Waals surface area contributed by atoms with Gasteiger partial charge in [0.2, 0.25) is 5.91 Å². The second-order valence-corrected chi connectivity index (χ2v) is 3.33. The van der Waals surface area contributed by atoms with Crippen LogP contribution >= 0.6 is 0 Å². The molecule has 0 bridgehead atoms. The van der Waals surface area contributed by atoms with Crippen molar-refractivity contribution < 1.29 is 9.90 Å². The van der Waals surface area contributed by atoms with Crippen molar-refractivity contribution >= 4 is 5.91 Å². The van der Waals surface area contributed by atoms with Crippen LogP contribution in [0.1, 0.15) is 32.1 Å². The van der Waals surface area contributed by atoms with E-state index in [1.165, 1.54) is 0 Å². The van der Waals surface area contributed by atoms with Crippen LogP contribution in [0.25, 0.3) is 0 Å². The maximum Gasteiger partial charge on any atom is 0.223 e. The van der Waals surface area contributed by atoms with Crippen molar-refractivity contribution in [2.24, 2.45) is 11.1 Å². The van der Waals surface area contributed by atoms with Crippen LogP contribution in [0.4, 0.5) is 0 Å². The van der Waals surface area contributed by atoms with E-state index in [0.717, 1.165) is 25.7 Å². The van der Waals surface area contributed by atoms with Crippen LogP contribution in [-0.2, 0) is 4.79 Å². The highest BCUT2D eigenvalue weighted by Crippen LogP contribution is 2.44. The molecule has 0 spiro atoms. The lowest BCUT2D eigenvalue weighted by Crippen LogP contribution is -2.42. The zero-order chi connectivity index (χ0) is 8.32. The summed E-state index contributed by atoms with van der Waals surface area (Å²) in [4.78, 5) is 10.9. The second kappa shape index (κ2) is 3.22.